The van der Waals surface area contributed by atoms with Gasteiger partial charge < -0.3 is 9.64 Å². The van der Waals surface area contributed by atoms with E-state index < -0.39 is 39.6 Å². The Bertz CT molecular complexity index is 889. The summed E-state index contributed by atoms with van der Waals surface area (Å²) in [5.74, 6) is -1.64. The molecule has 1 saturated carbocycles. The molecule has 1 heterocycles. The first-order valence-electron chi connectivity index (χ1n) is 9.53. The van der Waals surface area contributed by atoms with Crippen molar-refractivity contribution in [2.75, 3.05) is 0 Å². The minimum absolute atomic E-state index is 0.00893. The number of carbonyl (C=O) groups excluding carboxylic acids is 2. The number of ether oxygens (including phenoxy) is 1. The fraction of sp³-hybridized carbons (Fsp3) is 0.579. The van der Waals surface area contributed by atoms with E-state index in [1.807, 2.05) is 0 Å². The van der Waals surface area contributed by atoms with E-state index in [0.717, 1.165) is 25.3 Å². The molecule has 166 valence electrons. The fourth-order valence-corrected chi connectivity index (χ4v) is 4.71. The lowest BCUT2D eigenvalue weighted by molar-refractivity contribution is -0.158. The summed E-state index contributed by atoms with van der Waals surface area (Å²) in [7, 11) is -5.94. The Morgan fingerprint density at radius 1 is 1.20 bits per heavy atom. The molecule has 1 aromatic rings. The van der Waals surface area contributed by atoms with Crippen molar-refractivity contribution >= 4 is 22.0 Å². The van der Waals surface area contributed by atoms with Crippen LogP contribution >= 0.6 is 0 Å². The average Bonchev–Trinajstić information content (AvgIpc) is 3.26. The summed E-state index contributed by atoms with van der Waals surface area (Å²) in [6.45, 7) is 0.919. The number of rotatable bonds is 6. The monoisotopic (exact) mass is 449 g/mol. The Kier molecular flexibility index (Phi) is 6.42. The number of amides is 1. The van der Waals surface area contributed by atoms with Crippen molar-refractivity contribution in [3.8, 4) is 0 Å². The van der Waals surface area contributed by atoms with Crippen molar-refractivity contribution in [2.24, 2.45) is 5.92 Å². The van der Waals surface area contributed by atoms with Gasteiger partial charge in [0.25, 0.3) is 5.91 Å². The molecule has 0 bridgehead atoms. The summed E-state index contributed by atoms with van der Waals surface area (Å²) in [5.41, 5.74) is -4.90. The minimum Gasteiger partial charge on any atom is -0.459 e. The van der Waals surface area contributed by atoms with Gasteiger partial charge in [-0.2, -0.15) is 21.6 Å². The summed E-state index contributed by atoms with van der Waals surface area (Å²) in [4.78, 5) is 26.7. The number of benzene rings is 1. The molecule has 11 heteroatoms. The maximum Gasteiger partial charge on any atom is 0.523 e. The van der Waals surface area contributed by atoms with Crippen molar-refractivity contribution in [3.05, 3.63) is 35.9 Å². The van der Waals surface area contributed by atoms with E-state index in [-0.39, 0.29) is 18.6 Å². The molecule has 0 unspecified atom stereocenters. The molecule has 2 fully saturated rings. The van der Waals surface area contributed by atoms with Crippen LogP contribution in [0.1, 0.15) is 38.2 Å². The second-order valence-corrected chi connectivity index (χ2v) is 9.05. The van der Waals surface area contributed by atoms with Gasteiger partial charge in [-0.25, -0.2) is 4.79 Å². The number of esters is 1. The van der Waals surface area contributed by atoms with Crippen molar-refractivity contribution in [3.63, 3.8) is 0 Å². The van der Waals surface area contributed by atoms with Gasteiger partial charge in [0.1, 0.15) is 12.6 Å². The summed E-state index contributed by atoms with van der Waals surface area (Å²) in [6, 6.07) is 7.54. The molecule has 0 aromatic heterocycles. The number of nitrogens with zero attached hydrogens (tertiary/aromatic N) is 1. The lowest BCUT2D eigenvalue weighted by Crippen LogP contribution is -2.50. The Balaban J connectivity index is 1.73. The van der Waals surface area contributed by atoms with Crippen molar-refractivity contribution in [2.45, 2.75) is 62.9 Å². The van der Waals surface area contributed by atoms with Gasteiger partial charge in [0.05, 0.1) is 0 Å². The standard InChI is InChI=1S/C19H22F3NO6S/c1-12(29-30(26,27)19(20,21)22)17(24)23-15-9-5-8-14(15)10-16(23)18(25)28-11-13-6-3-2-4-7-13/h2-4,6-7,12,14-16H,5,8-11H2,1H3/t12-,14-,15-,16+/m1/s1. The van der Waals surface area contributed by atoms with Crippen molar-refractivity contribution < 1.29 is 40.1 Å². The normalized spacial score (nSPS) is 25.1. The van der Waals surface area contributed by atoms with Gasteiger partial charge in [-0.05, 0) is 37.7 Å². The topological polar surface area (TPSA) is 90.0 Å². The van der Waals surface area contributed by atoms with Crippen LogP contribution in [0.4, 0.5) is 13.2 Å². The third-order valence-electron chi connectivity index (χ3n) is 5.49. The largest absolute Gasteiger partial charge is 0.523 e. The predicted molar refractivity (Wildman–Crippen MR) is 98.1 cm³/mol. The molecule has 1 amide bonds. The maximum atomic E-state index is 12.8. The minimum atomic E-state index is -5.94. The molecule has 1 aliphatic heterocycles. The van der Waals surface area contributed by atoms with Gasteiger partial charge in [0, 0.05) is 6.04 Å². The predicted octanol–water partition coefficient (Wildman–Crippen LogP) is 2.75. The average molecular weight is 449 g/mol. The van der Waals surface area contributed by atoms with E-state index in [0.29, 0.717) is 12.8 Å². The quantitative estimate of drug-likeness (QED) is 0.377. The lowest BCUT2D eigenvalue weighted by Gasteiger charge is -2.30. The highest BCUT2D eigenvalue weighted by Crippen LogP contribution is 2.42. The number of alkyl halides is 3. The molecule has 0 N–H and O–H groups in total. The van der Waals surface area contributed by atoms with Crippen molar-refractivity contribution in [1.82, 2.24) is 4.90 Å². The molecule has 1 aliphatic carbocycles. The van der Waals surface area contributed by atoms with Crippen LogP contribution in [0.2, 0.25) is 0 Å². The fourth-order valence-electron chi connectivity index (χ4n) is 4.14. The lowest BCUT2D eigenvalue weighted by atomic mass is 10.0. The molecular formula is C19H22F3NO6S. The molecule has 4 atom stereocenters. The Morgan fingerprint density at radius 2 is 1.87 bits per heavy atom. The van der Waals surface area contributed by atoms with E-state index in [4.69, 9.17) is 4.74 Å². The van der Waals surface area contributed by atoms with E-state index in [2.05, 4.69) is 4.18 Å². The Labute approximate surface area is 172 Å². The van der Waals surface area contributed by atoms with Gasteiger partial charge >= 0.3 is 21.6 Å². The number of halogens is 3. The SMILES string of the molecule is C[C@@H](OS(=O)(=O)C(F)(F)F)C(=O)N1[C@@H]2CCC[C@@H]2C[C@H]1C(=O)OCc1ccccc1. The van der Waals surface area contributed by atoms with Crippen molar-refractivity contribution in [1.29, 1.82) is 0 Å². The van der Waals surface area contributed by atoms with Crippen LogP contribution in [0.15, 0.2) is 30.3 Å². The van der Waals surface area contributed by atoms with E-state index >= 15 is 0 Å². The van der Waals surface area contributed by atoms with E-state index in [1.54, 1.807) is 30.3 Å². The summed E-state index contributed by atoms with van der Waals surface area (Å²) in [5, 5.41) is 0. The van der Waals surface area contributed by atoms with Crippen LogP contribution in [-0.4, -0.2) is 48.9 Å². The first-order valence-corrected chi connectivity index (χ1v) is 10.9. The zero-order valence-electron chi connectivity index (χ0n) is 16.2. The summed E-state index contributed by atoms with van der Waals surface area (Å²) in [6.07, 6.45) is 0.564. The smallest absolute Gasteiger partial charge is 0.459 e. The van der Waals surface area contributed by atoms with Crippen LogP contribution in [0, 0.1) is 5.92 Å². The molecule has 3 rings (SSSR count). The van der Waals surface area contributed by atoms with Gasteiger partial charge in [0.15, 0.2) is 6.10 Å². The first kappa shape index (κ1) is 22.5. The second-order valence-electron chi connectivity index (χ2n) is 7.49. The van der Waals surface area contributed by atoms with E-state index in [9.17, 15) is 31.2 Å². The van der Waals surface area contributed by atoms with E-state index in [1.165, 1.54) is 4.90 Å². The maximum absolute atomic E-state index is 12.8. The molecular weight excluding hydrogens is 427 g/mol. The first-order chi connectivity index (χ1) is 14.0. The van der Waals surface area contributed by atoms with Crippen LogP contribution in [0.5, 0.6) is 0 Å². The highest BCUT2D eigenvalue weighted by Gasteiger charge is 2.53. The number of fused-ring (bicyclic) bond motifs is 1. The van der Waals surface area contributed by atoms with Crippen LogP contribution in [-0.2, 0) is 35.2 Å². The number of likely N-dealkylation sites (tertiary alicyclic amines) is 1. The Hall–Kier alpha value is -2.14. The third-order valence-corrected chi connectivity index (χ3v) is 6.60. The molecule has 30 heavy (non-hydrogen) atoms. The van der Waals surface area contributed by atoms with Crippen LogP contribution < -0.4 is 0 Å². The zero-order chi connectivity index (χ0) is 22.1. The summed E-state index contributed by atoms with van der Waals surface area (Å²) < 4.78 is 69.8. The molecule has 1 saturated heterocycles. The third kappa shape index (κ3) is 4.61. The highest BCUT2D eigenvalue weighted by atomic mass is 32.2. The van der Waals surface area contributed by atoms with Gasteiger partial charge in [0.2, 0.25) is 0 Å². The number of hydrogen-bond donors (Lipinski definition) is 0. The van der Waals surface area contributed by atoms with Crippen LogP contribution in [0.3, 0.4) is 0 Å². The zero-order valence-corrected chi connectivity index (χ0v) is 17.0. The second kappa shape index (κ2) is 8.54. The highest BCUT2D eigenvalue weighted by molar-refractivity contribution is 7.87. The molecule has 0 spiro atoms. The molecule has 0 radical (unpaired) electrons. The molecule has 7 nitrogen and oxygen atoms in total. The Morgan fingerprint density at radius 3 is 2.50 bits per heavy atom. The molecule has 2 aliphatic rings. The van der Waals surface area contributed by atoms with Gasteiger partial charge in [-0.15, -0.1) is 0 Å². The number of carbonyl (C=O) groups is 2. The van der Waals surface area contributed by atoms with Gasteiger partial charge in [-0.3, -0.25) is 8.98 Å². The summed E-state index contributed by atoms with van der Waals surface area (Å²) >= 11 is 0. The molecule has 1 aromatic carbocycles. The van der Waals surface area contributed by atoms with Gasteiger partial charge in [-0.1, -0.05) is 36.8 Å². The number of hydrogen-bond acceptors (Lipinski definition) is 6. The van der Waals surface area contributed by atoms with Crippen LogP contribution in [0.25, 0.3) is 0 Å².